The van der Waals surface area contributed by atoms with Gasteiger partial charge >= 0.3 is 11.9 Å². The van der Waals surface area contributed by atoms with Crippen molar-refractivity contribution in [2.24, 2.45) is 0 Å². The van der Waals surface area contributed by atoms with Crippen LogP contribution < -0.4 is 4.90 Å². The SMILES string of the molecule is CCOC(=O)C1=CN(c2cc(C)cc(C)c2)C=C(C(=O)OCC)C1c1ccc(C)s1. The second-order valence-electron chi connectivity index (χ2n) is 7.24. The highest BCUT2D eigenvalue weighted by Crippen LogP contribution is 2.41. The maximum absolute atomic E-state index is 12.9. The third kappa shape index (κ3) is 4.65. The topological polar surface area (TPSA) is 55.8 Å². The average Bonchev–Trinajstić information content (AvgIpc) is 3.12. The van der Waals surface area contributed by atoms with E-state index >= 15 is 0 Å². The van der Waals surface area contributed by atoms with E-state index in [0.717, 1.165) is 26.6 Å². The fraction of sp³-hybridized carbons (Fsp3) is 0.333. The predicted molar refractivity (Wildman–Crippen MR) is 120 cm³/mol. The Morgan fingerprint density at radius 1 is 0.900 bits per heavy atom. The van der Waals surface area contributed by atoms with E-state index < -0.39 is 17.9 Å². The lowest BCUT2D eigenvalue weighted by Gasteiger charge is -2.30. The van der Waals surface area contributed by atoms with E-state index in [9.17, 15) is 9.59 Å². The Hall–Kier alpha value is -2.86. The number of rotatable bonds is 6. The van der Waals surface area contributed by atoms with Crippen molar-refractivity contribution in [3.8, 4) is 0 Å². The summed E-state index contributed by atoms with van der Waals surface area (Å²) in [5.41, 5.74) is 3.90. The summed E-state index contributed by atoms with van der Waals surface area (Å²) in [6, 6.07) is 10.1. The molecule has 1 aliphatic heterocycles. The number of benzene rings is 1. The van der Waals surface area contributed by atoms with Gasteiger partial charge in [0, 0.05) is 27.8 Å². The molecule has 2 heterocycles. The first-order valence-corrected chi connectivity index (χ1v) is 10.9. The van der Waals surface area contributed by atoms with E-state index in [1.54, 1.807) is 37.6 Å². The molecule has 6 heteroatoms. The number of carbonyl (C=O) groups excluding carboxylic acids is 2. The number of hydrogen-bond acceptors (Lipinski definition) is 6. The Morgan fingerprint density at radius 3 is 1.87 bits per heavy atom. The monoisotopic (exact) mass is 425 g/mol. The average molecular weight is 426 g/mol. The molecular weight excluding hydrogens is 398 g/mol. The normalized spacial score (nSPS) is 14.2. The van der Waals surface area contributed by atoms with Gasteiger partial charge in [0.2, 0.25) is 0 Å². The highest BCUT2D eigenvalue weighted by atomic mass is 32.1. The molecule has 0 spiro atoms. The van der Waals surface area contributed by atoms with Crippen molar-refractivity contribution in [2.45, 2.75) is 40.5 Å². The summed E-state index contributed by atoms with van der Waals surface area (Å²) in [6.45, 7) is 10.1. The molecule has 0 saturated heterocycles. The summed E-state index contributed by atoms with van der Waals surface area (Å²) >= 11 is 1.56. The molecule has 3 rings (SSSR count). The molecule has 1 aliphatic rings. The summed E-state index contributed by atoms with van der Waals surface area (Å²) in [5.74, 6) is -1.39. The molecule has 30 heavy (non-hydrogen) atoms. The first-order chi connectivity index (χ1) is 14.3. The van der Waals surface area contributed by atoms with Gasteiger partial charge in [-0.3, -0.25) is 0 Å². The summed E-state index contributed by atoms with van der Waals surface area (Å²) in [5, 5.41) is 0. The van der Waals surface area contributed by atoms with E-state index in [1.807, 2.05) is 49.9 Å². The molecule has 0 unspecified atom stereocenters. The smallest absolute Gasteiger partial charge is 0.336 e. The minimum absolute atomic E-state index is 0.258. The Labute approximate surface area is 181 Å². The maximum atomic E-state index is 12.9. The van der Waals surface area contributed by atoms with Gasteiger partial charge in [-0.15, -0.1) is 11.3 Å². The molecule has 0 fully saturated rings. The maximum Gasteiger partial charge on any atom is 0.336 e. The van der Waals surface area contributed by atoms with Gasteiger partial charge in [0.15, 0.2) is 0 Å². The van der Waals surface area contributed by atoms with E-state index in [-0.39, 0.29) is 13.2 Å². The molecule has 0 amide bonds. The highest BCUT2D eigenvalue weighted by Gasteiger charge is 2.36. The minimum atomic E-state index is -0.524. The van der Waals surface area contributed by atoms with Crippen LogP contribution in [0.3, 0.4) is 0 Å². The third-order valence-corrected chi connectivity index (χ3v) is 5.82. The second-order valence-corrected chi connectivity index (χ2v) is 8.56. The number of thiophene rings is 1. The largest absolute Gasteiger partial charge is 0.463 e. The highest BCUT2D eigenvalue weighted by molar-refractivity contribution is 7.12. The number of anilines is 1. The van der Waals surface area contributed by atoms with Gasteiger partial charge in [0.05, 0.1) is 30.3 Å². The van der Waals surface area contributed by atoms with Crippen LogP contribution >= 0.6 is 11.3 Å². The molecule has 0 aliphatic carbocycles. The van der Waals surface area contributed by atoms with Crippen LogP contribution in [0.1, 0.15) is 40.6 Å². The molecule has 1 aromatic heterocycles. The lowest BCUT2D eigenvalue weighted by Crippen LogP contribution is -2.29. The zero-order valence-corrected chi connectivity index (χ0v) is 18.8. The fourth-order valence-electron chi connectivity index (χ4n) is 3.59. The second kappa shape index (κ2) is 9.30. The number of esters is 2. The van der Waals surface area contributed by atoms with Crippen molar-refractivity contribution in [1.29, 1.82) is 0 Å². The van der Waals surface area contributed by atoms with Gasteiger partial charge in [-0.25, -0.2) is 9.59 Å². The van der Waals surface area contributed by atoms with Crippen LogP contribution in [0.5, 0.6) is 0 Å². The van der Waals surface area contributed by atoms with Crippen LogP contribution in [0.4, 0.5) is 5.69 Å². The first-order valence-electron chi connectivity index (χ1n) is 10.0. The summed E-state index contributed by atoms with van der Waals surface area (Å²) in [6.07, 6.45) is 3.54. The predicted octanol–water partition coefficient (Wildman–Crippen LogP) is 5.17. The number of ether oxygens (including phenoxy) is 2. The summed E-state index contributed by atoms with van der Waals surface area (Å²) in [4.78, 5) is 29.7. The Bertz CT molecular complexity index is 962. The van der Waals surface area contributed by atoms with E-state index in [1.165, 1.54) is 0 Å². The molecule has 1 aromatic carbocycles. The third-order valence-electron chi connectivity index (χ3n) is 4.75. The van der Waals surface area contributed by atoms with Crippen LogP contribution in [-0.2, 0) is 19.1 Å². The molecule has 0 radical (unpaired) electrons. The number of hydrogen-bond donors (Lipinski definition) is 0. The molecule has 0 saturated carbocycles. The van der Waals surface area contributed by atoms with Crippen molar-refractivity contribution < 1.29 is 19.1 Å². The lowest BCUT2D eigenvalue weighted by atomic mass is 9.87. The van der Waals surface area contributed by atoms with Crippen molar-refractivity contribution in [3.63, 3.8) is 0 Å². The zero-order valence-electron chi connectivity index (χ0n) is 18.0. The Kier molecular flexibility index (Phi) is 6.77. The van der Waals surface area contributed by atoms with Crippen molar-refractivity contribution >= 4 is 29.0 Å². The minimum Gasteiger partial charge on any atom is -0.463 e. The molecule has 0 N–H and O–H groups in total. The van der Waals surface area contributed by atoms with Gasteiger partial charge in [-0.05, 0) is 70.0 Å². The first kappa shape index (κ1) is 21.8. The summed E-state index contributed by atoms with van der Waals surface area (Å²) < 4.78 is 10.7. The van der Waals surface area contributed by atoms with E-state index in [0.29, 0.717) is 11.1 Å². The van der Waals surface area contributed by atoms with Gasteiger partial charge < -0.3 is 14.4 Å². The van der Waals surface area contributed by atoms with Crippen LogP contribution in [0.25, 0.3) is 0 Å². The molecule has 158 valence electrons. The van der Waals surface area contributed by atoms with Gasteiger partial charge in [0.1, 0.15) is 0 Å². The number of aryl methyl sites for hydroxylation is 3. The van der Waals surface area contributed by atoms with Crippen LogP contribution in [-0.4, -0.2) is 25.2 Å². The Morgan fingerprint density at radius 2 is 1.43 bits per heavy atom. The van der Waals surface area contributed by atoms with Crippen LogP contribution in [0.2, 0.25) is 0 Å². The van der Waals surface area contributed by atoms with Crippen LogP contribution in [0.15, 0.2) is 53.9 Å². The standard InChI is InChI=1S/C24H27NO4S/c1-6-28-23(26)19-13-25(18-11-15(3)10-16(4)12-18)14-20(24(27)29-7-2)22(19)21-9-8-17(5)30-21/h8-14,22H,6-7H2,1-5H3. The molecule has 0 bridgehead atoms. The Balaban J connectivity index is 2.18. The van der Waals surface area contributed by atoms with Gasteiger partial charge in [-0.1, -0.05) is 6.07 Å². The van der Waals surface area contributed by atoms with Crippen molar-refractivity contribution in [1.82, 2.24) is 0 Å². The molecule has 5 nitrogen and oxygen atoms in total. The van der Waals surface area contributed by atoms with E-state index in [4.69, 9.17) is 9.47 Å². The van der Waals surface area contributed by atoms with Crippen molar-refractivity contribution in [3.05, 3.63) is 74.8 Å². The van der Waals surface area contributed by atoms with E-state index in [2.05, 4.69) is 6.07 Å². The molecule has 2 aromatic rings. The quantitative estimate of drug-likeness (QED) is 0.598. The van der Waals surface area contributed by atoms with Crippen LogP contribution in [0, 0.1) is 20.8 Å². The lowest BCUT2D eigenvalue weighted by molar-refractivity contribution is -0.139. The fourth-order valence-corrected chi connectivity index (χ4v) is 4.60. The number of nitrogens with zero attached hydrogens (tertiary/aromatic N) is 1. The number of carbonyl (C=O) groups is 2. The van der Waals surface area contributed by atoms with Crippen molar-refractivity contribution in [2.75, 3.05) is 18.1 Å². The van der Waals surface area contributed by atoms with Gasteiger partial charge in [0.25, 0.3) is 0 Å². The molecular formula is C24H27NO4S. The summed E-state index contributed by atoms with van der Waals surface area (Å²) in [7, 11) is 0. The van der Waals surface area contributed by atoms with Gasteiger partial charge in [-0.2, -0.15) is 0 Å². The molecule has 0 atom stereocenters. The zero-order chi connectivity index (χ0) is 21.8.